The summed E-state index contributed by atoms with van der Waals surface area (Å²) in [5.74, 6) is -1.25. The number of benzene rings is 1. The van der Waals surface area contributed by atoms with Crippen LogP contribution in [0.5, 0.6) is 0 Å². The number of rotatable bonds is 5. The third-order valence-electron chi connectivity index (χ3n) is 3.90. The van der Waals surface area contributed by atoms with Crippen LogP contribution >= 0.6 is 0 Å². The van der Waals surface area contributed by atoms with Gasteiger partial charge < -0.3 is 15.3 Å². The van der Waals surface area contributed by atoms with E-state index in [1.807, 2.05) is 6.07 Å². The van der Waals surface area contributed by atoms with Crippen LogP contribution in [-0.4, -0.2) is 47.4 Å². The van der Waals surface area contributed by atoms with Gasteiger partial charge in [0.15, 0.2) is 0 Å². The second-order valence-corrected chi connectivity index (χ2v) is 5.36. The van der Waals surface area contributed by atoms with Crippen molar-refractivity contribution in [2.75, 3.05) is 13.6 Å². The van der Waals surface area contributed by atoms with Gasteiger partial charge in [-0.25, -0.2) is 4.79 Å². The zero-order valence-electron chi connectivity index (χ0n) is 12.5. The number of aryl methyl sites for hydroxylation is 1. The summed E-state index contributed by atoms with van der Waals surface area (Å²) in [6, 6.07) is 6.42. The number of nitrogens with zero attached hydrogens (tertiary/aromatic N) is 1. The molecule has 2 amide bonds. The van der Waals surface area contributed by atoms with Crippen molar-refractivity contribution in [3.8, 4) is 0 Å². The molecule has 2 N–H and O–H groups in total. The molecule has 1 aromatic carbocycles. The molecular weight excluding hydrogens is 284 g/mol. The Bertz CT molecular complexity index is 585. The topological polar surface area (TPSA) is 86.7 Å². The second kappa shape index (κ2) is 7.06. The highest BCUT2D eigenvalue weighted by Gasteiger charge is 2.33. The van der Waals surface area contributed by atoms with Crippen LogP contribution in [0.1, 0.15) is 35.2 Å². The first-order valence-corrected chi connectivity index (χ1v) is 7.36. The molecule has 1 aliphatic rings. The summed E-state index contributed by atoms with van der Waals surface area (Å²) in [7, 11) is 1.57. The maximum atomic E-state index is 12.2. The monoisotopic (exact) mass is 304 g/mol. The molecule has 0 aliphatic carbocycles. The van der Waals surface area contributed by atoms with Gasteiger partial charge >= 0.3 is 5.97 Å². The first kappa shape index (κ1) is 16.0. The quantitative estimate of drug-likeness (QED) is 0.851. The zero-order valence-corrected chi connectivity index (χ0v) is 12.5. The highest BCUT2D eigenvalue weighted by atomic mass is 16.4. The third-order valence-corrected chi connectivity index (χ3v) is 3.90. The predicted octanol–water partition coefficient (Wildman–Crippen LogP) is 1.05. The molecule has 0 aromatic heterocycles. The van der Waals surface area contributed by atoms with Crippen LogP contribution in [0.3, 0.4) is 0 Å². The largest absolute Gasteiger partial charge is 0.480 e. The van der Waals surface area contributed by atoms with Crippen LogP contribution in [0, 0.1) is 0 Å². The number of likely N-dealkylation sites (tertiary alicyclic amines) is 1. The number of carboxylic acid groups (broad SMARTS) is 1. The van der Waals surface area contributed by atoms with E-state index in [4.69, 9.17) is 5.11 Å². The number of carbonyl (C=O) groups is 3. The fourth-order valence-corrected chi connectivity index (χ4v) is 2.73. The maximum Gasteiger partial charge on any atom is 0.326 e. The van der Waals surface area contributed by atoms with Gasteiger partial charge in [-0.15, -0.1) is 0 Å². The Morgan fingerprint density at radius 3 is 2.82 bits per heavy atom. The maximum absolute atomic E-state index is 12.2. The van der Waals surface area contributed by atoms with Crippen molar-refractivity contribution >= 4 is 17.8 Å². The van der Waals surface area contributed by atoms with E-state index >= 15 is 0 Å². The fourth-order valence-electron chi connectivity index (χ4n) is 2.73. The summed E-state index contributed by atoms with van der Waals surface area (Å²) in [6.07, 6.45) is 2.00. The van der Waals surface area contributed by atoms with Crippen molar-refractivity contribution < 1.29 is 19.5 Å². The van der Waals surface area contributed by atoms with Crippen molar-refractivity contribution in [3.63, 3.8) is 0 Å². The van der Waals surface area contributed by atoms with E-state index in [1.54, 1.807) is 25.2 Å². The van der Waals surface area contributed by atoms with E-state index < -0.39 is 12.0 Å². The van der Waals surface area contributed by atoms with E-state index in [1.165, 1.54) is 4.90 Å². The first-order chi connectivity index (χ1) is 10.5. The Balaban J connectivity index is 1.96. The summed E-state index contributed by atoms with van der Waals surface area (Å²) < 4.78 is 0. The SMILES string of the molecule is CNC(=O)c1cccc(CCC(=O)N2CCC[C@@H]2C(=O)O)c1. The fraction of sp³-hybridized carbons (Fsp3) is 0.438. The number of aliphatic carboxylic acids is 1. The van der Waals surface area contributed by atoms with Crippen LogP contribution < -0.4 is 5.32 Å². The summed E-state index contributed by atoms with van der Waals surface area (Å²) >= 11 is 0. The Morgan fingerprint density at radius 1 is 1.36 bits per heavy atom. The van der Waals surface area contributed by atoms with Crippen LogP contribution in [0.2, 0.25) is 0 Å². The predicted molar refractivity (Wildman–Crippen MR) is 80.5 cm³/mol. The molecule has 6 nitrogen and oxygen atoms in total. The van der Waals surface area contributed by atoms with E-state index in [9.17, 15) is 14.4 Å². The van der Waals surface area contributed by atoms with Gasteiger partial charge in [0, 0.05) is 25.6 Å². The van der Waals surface area contributed by atoms with Gasteiger partial charge in [-0.3, -0.25) is 9.59 Å². The summed E-state index contributed by atoms with van der Waals surface area (Å²) in [5.41, 5.74) is 1.44. The van der Waals surface area contributed by atoms with Crippen molar-refractivity contribution in [1.29, 1.82) is 0 Å². The number of amides is 2. The minimum Gasteiger partial charge on any atom is -0.480 e. The smallest absolute Gasteiger partial charge is 0.326 e. The molecule has 0 radical (unpaired) electrons. The highest BCUT2D eigenvalue weighted by Crippen LogP contribution is 2.19. The first-order valence-electron chi connectivity index (χ1n) is 7.36. The number of hydrogen-bond acceptors (Lipinski definition) is 3. The minimum atomic E-state index is -0.938. The number of hydrogen-bond donors (Lipinski definition) is 2. The van der Waals surface area contributed by atoms with Gasteiger partial charge in [0.05, 0.1) is 0 Å². The molecule has 118 valence electrons. The molecule has 1 heterocycles. The Morgan fingerprint density at radius 2 is 2.14 bits per heavy atom. The lowest BCUT2D eigenvalue weighted by Gasteiger charge is -2.21. The van der Waals surface area contributed by atoms with Crippen LogP contribution in [-0.2, 0) is 16.0 Å². The molecule has 6 heteroatoms. The molecule has 0 bridgehead atoms. The van der Waals surface area contributed by atoms with E-state index in [2.05, 4.69) is 5.32 Å². The standard InChI is InChI=1S/C16H20N2O4/c1-17-15(20)12-5-2-4-11(10-12)7-8-14(19)18-9-3-6-13(18)16(21)22/h2,4-5,10,13H,3,6-9H2,1H3,(H,17,20)(H,21,22)/t13-/m1/s1. The molecule has 0 unspecified atom stereocenters. The van der Waals surface area contributed by atoms with Gasteiger partial charge in [0.1, 0.15) is 6.04 Å². The van der Waals surface area contributed by atoms with E-state index in [0.29, 0.717) is 24.9 Å². The average Bonchev–Trinajstić information content (AvgIpc) is 3.02. The van der Waals surface area contributed by atoms with Crippen molar-refractivity contribution in [2.24, 2.45) is 0 Å². The molecule has 1 saturated heterocycles. The highest BCUT2D eigenvalue weighted by molar-refractivity contribution is 5.94. The van der Waals surface area contributed by atoms with E-state index in [0.717, 1.165) is 12.0 Å². The summed E-state index contributed by atoms with van der Waals surface area (Å²) in [4.78, 5) is 36.3. The van der Waals surface area contributed by atoms with Crippen molar-refractivity contribution in [1.82, 2.24) is 10.2 Å². The summed E-state index contributed by atoms with van der Waals surface area (Å²) in [6.45, 7) is 0.508. The molecule has 1 atom stereocenters. The van der Waals surface area contributed by atoms with Crippen LogP contribution in [0.25, 0.3) is 0 Å². The summed E-state index contributed by atoms with van der Waals surface area (Å²) in [5, 5.41) is 11.7. The molecule has 2 rings (SSSR count). The Labute approximate surface area is 129 Å². The zero-order chi connectivity index (χ0) is 16.1. The lowest BCUT2D eigenvalue weighted by atomic mass is 10.1. The van der Waals surface area contributed by atoms with Crippen molar-refractivity contribution in [3.05, 3.63) is 35.4 Å². The molecule has 1 aromatic rings. The van der Waals surface area contributed by atoms with Gasteiger partial charge in [0.25, 0.3) is 5.91 Å². The molecular formula is C16H20N2O4. The van der Waals surface area contributed by atoms with Crippen LogP contribution in [0.15, 0.2) is 24.3 Å². The van der Waals surface area contributed by atoms with Crippen molar-refractivity contribution in [2.45, 2.75) is 31.7 Å². The van der Waals surface area contributed by atoms with Gasteiger partial charge in [-0.05, 0) is 37.0 Å². The minimum absolute atomic E-state index is 0.143. The molecule has 0 saturated carbocycles. The third kappa shape index (κ3) is 3.63. The van der Waals surface area contributed by atoms with Gasteiger partial charge in [-0.2, -0.15) is 0 Å². The lowest BCUT2D eigenvalue weighted by Crippen LogP contribution is -2.40. The van der Waals surface area contributed by atoms with E-state index in [-0.39, 0.29) is 18.2 Å². The van der Waals surface area contributed by atoms with Gasteiger partial charge in [-0.1, -0.05) is 12.1 Å². The second-order valence-electron chi connectivity index (χ2n) is 5.36. The Kier molecular flexibility index (Phi) is 5.14. The number of carboxylic acids is 1. The van der Waals surface area contributed by atoms with Gasteiger partial charge in [0.2, 0.25) is 5.91 Å². The average molecular weight is 304 g/mol. The van der Waals surface area contributed by atoms with Crippen LogP contribution in [0.4, 0.5) is 0 Å². The molecule has 22 heavy (non-hydrogen) atoms. The number of nitrogens with one attached hydrogen (secondary N) is 1. The normalized spacial score (nSPS) is 17.3. The lowest BCUT2D eigenvalue weighted by molar-refractivity contribution is -0.148. The number of carbonyl (C=O) groups excluding carboxylic acids is 2. The molecule has 1 aliphatic heterocycles. The molecule has 1 fully saturated rings. The Hall–Kier alpha value is -2.37. The molecule has 0 spiro atoms.